The van der Waals surface area contributed by atoms with E-state index in [4.69, 9.17) is 9.15 Å². The number of hydrogen-bond donors (Lipinski definition) is 3. The Kier molecular flexibility index (Phi) is 5.77. The summed E-state index contributed by atoms with van der Waals surface area (Å²) in [6.07, 6.45) is 1.13. The highest BCUT2D eigenvalue weighted by Gasteiger charge is 2.29. The molecule has 1 aromatic heterocycles. The summed E-state index contributed by atoms with van der Waals surface area (Å²) < 4.78 is 9.70. The van der Waals surface area contributed by atoms with Crippen molar-refractivity contribution in [1.29, 1.82) is 0 Å². The zero-order valence-corrected chi connectivity index (χ0v) is 14.7. The van der Waals surface area contributed by atoms with E-state index in [-0.39, 0.29) is 18.1 Å². The van der Waals surface area contributed by atoms with Gasteiger partial charge in [-0.05, 0) is 24.3 Å². The second-order valence-corrected chi connectivity index (χ2v) is 6.68. The Morgan fingerprint density at radius 1 is 1.15 bits per heavy atom. The quantitative estimate of drug-likeness (QED) is 0.516. The number of fused-ring (bicyclic) bond motifs is 1. The molecule has 140 valence electrons. The van der Waals surface area contributed by atoms with Gasteiger partial charge < -0.3 is 14.5 Å². The van der Waals surface area contributed by atoms with Gasteiger partial charge in [0, 0.05) is 4.90 Å². The van der Waals surface area contributed by atoms with E-state index in [1.165, 1.54) is 30.2 Å². The molecule has 0 spiro atoms. The number of furan rings is 1. The highest BCUT2D eigenvalue weighted by molar-refractivity contribution is 8.01. The summed E-state index contributed by atoms with van der Waals surface area (Å²) in [5.74, 6) is -2.35. The summed E-state index contributed by atoms with van der Waals surface area (Å²) >= 11 is 1.26. The van der Waals surface area contributed by atoms with E-state index in [1.54, 1.807) is 12.1 Å². The molecule has 1 aliphatic rings. The fourth-order valence-corrected chi connectivity index (χ4v) is 3.31. The zero-order valence-electron chi connectivity index (χ0n) is 13.9. The van der Waals surface area contributed by atoms with E-state index < -0.39 is 29.6 Å². The van der Waals surface area contributed by atoms with Gasteiger partial charge in [0.2, 0.25) is 5.91 Å². The topological polar surface area (TPSA) is 127 Å². The van der Waals surface area contributed by atoms with E-state index in [9.17, 15) is 19.2 Å². The SMILES string of the molecule is O=C(COC(=O)C[C@@H]1Sc2ccccc2NC1=O)NNC(=O)c1ccco1. The van der Waals surface area contributed by atoms with Gasteiger partial charge in [-0.15, -0.1) is 11.8 Å². The second-order valence-electron chi connectivity index (χ2n) is 5.44. The van der Waals surface area contributed by atoms with Crippen molar-refractivity contribution < 1.29 is 28.3 Å². The predicted molar refractivity (Wildman–Crippen MR) is 94.6 cm³/mol. The van der Waals surface area contributed by atoms with Crippen LogP contribution in [0.4, 0.5) is 5.69 Å². The molecular formula is C17H15N3O6S. The van der Waals surface area contributed by atoms with E-state index >= 15 is 0 Å². The highest BCUT2D eigenvalue weighted by Crippen LogP contribution is 2.36. The van der Waals surface area contributed by atoms with Crippen LogP contribution in [0.1, 0.15) is 17.0 Å². The van der Waals surface area contributed by atoms with Gasteiger partial charge in [0.25, 0.3) is 5.91 Å². The summed E-state index contributed by atoms with van der Waals surface area (Å²) in [7, 11) is 0. The molecule has 3 rings (SSSR count). The number of rotatable bonds is 5. The number of amides is 3. The van der Waals surface area contributed by atoms with Crippen LogP contribution in [-0.2, 0) is 19.1 Å². The summed E-state index contributed by atoms with van der Waals surface area (Å²) in [5.41, 5.74) is 4.91. The first-order valence-corrected chi connectivity index (χ1v) is 8.76. The summed E-state index contributed by atoms with van der Waals surface area (Å²) in [4.78, 5) is 48.0. The molecule has 27 heavy (non-hydrogen) atoms. The third-order valence-corrected chi connectivity index (χ3v) is 4.76. The molecule has 1 atom stereocenters. The Morgan fingerprint density at radius 2 is 1.96 bits per heavy atom. The average molecular weight is 389 g/mol. The number of thioether (sulfide) groups is 1. The van der Waals surface area contributed by atoms with Gasteiger partial charge in [0.1, 0.15) is 0 Å². The fourth-order valence-electron chi connectivity index (χ4n) is 2.22. The van der Waals surface area contributed by atoms with Crippen LogP contribution in [0.5, 0.6) is 0 Å². The molecule has 0 aliphatic carbocycles. The van der Waals surface area contributed by atoms with Crippen molar-refractivity contribution >= 4 is 41.1 Å². The fraction of sp³-hybridized carbons (Fsp3) is 0.176. The monoisotopic (exact) mass is 389 g/mol. The molecule has 2 heterocycles. The number of benzene rings is 1. The van der Waals surface area contributed by atoms with Crippen LogP contribution in [0.3, 0.4) is 0 Å². The van der Waals surface area contributed by atoms with Gasteiger partial charge in [-0.1, -0.05) is 12.1 Å². The Hall–Kier alpha value is -3.27. The van der Waals surface area contributed by atoms with Crippen LogP contribution >= 0.6 is 11.8 Å². The third kappa shape index (κ3) is 4.88. The van der Waals surface area contributed by atoms with Crippen molar-refractivity contribution in [1.82, 2.24) is 10.9 Å². The van der Waals surface area contributed by atoms with E-state index in [0.29, 0.717) is 5.69 Å². The van der Waals surface area contributed by atoms with Crippen molar-refractivity contribution in [3.8, 4) is 0 Å². The van der Waals surface area contributed by atoms with Gasteiger partial charge in [0.05, 0.1) is 23.6 Å². The Balaban J connectivity index is 1.41. The molecular weight excluding hydrogens is 374 g/mol. The first-order valence-electron chi connectivity index (χ1n) is 7.88. The zero-order chi connectivity index (χ0) is 19.2. The van der Waals surface area contributed by atoms with Gasteiger partial charge >= 0.3 is 11.9 Å². The largest absolute Gasteiger partial charge is 0.459 e. The molecule has 1 aromatic carbocycles. The van der Waals surface area contributed by atoms with Crippen LogP contribution in [0, 0.1) is 0 Å². The lowest BCUT2D eigenvalue weighted by Crippen LogP contribution is -2.43. The van der Waals surface area contributed by atoms with Gasteiger partial charge in [0.15, 0.2) is 12.4 Å². The minimum absolute atomic E-state index is 0.0212. The van der Waals surface area contributed by atoms with Crippen LogP contribution < -0.4 is 16.2 Å². The van der Waals surface area contributed by atoms with Crippen LogP contribution in [0.25, 0.3) is 0 Å². The maximum atomic E-state index is 12.0. The number of hydrogen-bond acceptors (Lipinski definition) is 7. The summed E-state index contributed by atoms with van der Waals surface area (Å²) in [6.45, 7) is -0.590. The van der Waals surface area contributed by atoms with Gasteiger partial charge in [-0.3, -0.25) is 30.0 Å². The molecule has 3 amide bonds. The number of para-hydroxylation sites is 1. The molecule has 9 nitrogen and oxygen atoms in total. The Labute approximate surface area is 157 Å². The van der Waals surface area contributed by atoms with Crippen molar-refractivity contribution in [2.45, 2.75) is 16.6 Å². The maximum absolute atomic E-state index is 12.0. The number of esters is 1. The number of nitrogens with one attached hydrogen (secondary N) is 3. The first kappa shape index (κ1) is 18.5. The molecule has 2 aromatic rings. The molecule has 0 fully saturated rings. The lowest BCUT2D eigenvalue weighted by Gasteiger charge is -2.23. The second kappa shape index (κ2) is 8.41. The van der Waals surface area contributed by atoms with E-state index in [0.717, 1.165) is 4.90 Å². The summed E-state index contributed by atoms with van der Waals surface area (Å²) in [6, 6.07) is 10.2. The molecule has 3 N–H and O–H groups in total. The minimum Gasteiger partial charge on any atom is -0.459 e. The van der Waals surface area contributed by atoms with Crippen LogP contribution in [0.2, 0.25) is 0 Å². The molecule has 0 saturated carbocycles. The predicted octanol–water partition coefficient (Wildman–Crippen LogP) is 1.09. The molecule has 10 heteroatoms. The van der Waals surface area contributed by atoms with Gasteiger partial charge in [-0.2, -0.15) is 0 Å². The van der Waals surface area contributed by atoms with E-state index in [2.05, 4.69) is 16.2 Å². The lowest BCUT2D eigenvalue weighted by atomic mass is 10.2. The van der Waals surface area contributed by atoms with E-state index in [1.807, 2.05) is 12.1 Å². The van der Waals surface area contributed by atoms with Crippen LogP contribution in [-0.4, -0.2) is 35.5 Å². The molecule has 0 saturated heterocycles. The van der Waals surface area contributed by atoms with Crippen molar-refractivity contribution in [2.75, 3.05) is 11.9 Å². The molecule has 0 bridgehead atoms. The molecule has 1 aliphatic heterocycles. The van der Waals surface area contributed by atoms with Gasteiger partial charge in [-0.25, -0.2) is 0 Å². The number of anilines is 1. The first-order chi connectivity index (χ1) is 13.0. The number of ether oxygens (including phenoxy) is 1. The molecule has 0 radical (unpaired) electrons. The number of hydrazine groups is 1. The smallest absolute Gasteiger partial charge is 0.307 e. The maximum Gasteiger partial charge on any atom is 0.307 e. The Morgan fingerprint density at radius 3 is 2.74 bits per heavy atom. The minimum atomic E-state index is -0.727. The normalized spacial score (nSPS) is 15.3. The lowest BCUT2D eigenvalue weighted by molar-refractivity contribution is -0.149. The standard InChI is InChI=1S/C17H15N3O6S/c21-14(19-20-16(23)11-5-3-7-25-11)9-26-15(22)8-13-17(24)18-10-4-1-2-6-12(10)27-13/h1-7,13H,8-9H2,(H,18,24)(H,19,21)(H,20,23)/t13-/m0/s1. The van der Waals surface area contributed by atoms with Crippen molar-refractivity contribution in [3.63, 3.8) is 0 Å². The average Bonchev–Trinajstić information content (AvgIpc) is 3.20. The highest BCUT2D eigenvalue weighted by atomic mass is 32.2. The number of carbonyl (C=O) groups excluding carboxylic acids is 4. The Bertz CT molecular complexity index is 867. The third-order valence-electron chi connectivity index (χ3n) is 3.48. The number of carbonyl (C=O) groups is 4. The van der Waals surface area contributed by atoms with Crippen molar-refractivity contribution in [2.24, 2.45) is 0 Å². The molecule has 0 unspecified atom stereocenters. The van der Waals surface area contributed by atoms with Crippen LogP contribution in [0.15, 0.2) is 52.0 Å². The van der Waals surface area contributed by atoms with Crippen molar-refractivity contribution in [3.05, 3.63) is 48.4 Å². The summed E-state index contributed by atoms with van der Waals surface area (Å²) in [5, 5.41) is 2.08.